The van der Waals surface area contributed by atoms with E-state index in [1.807, 2.05) is 36.4 Å². The molecule has 3 unspecified atom stereocenters. The Hall–Kier alpha value is -3.36. The molecule has 1 aromatic heterocycles. The fraction of sp³-hybridized carbons (Fsp3) is 0.312. The Morgan fingerprint density at radius 3 is 2.25 bits per heavy atom. The summed E-state index contributed by atoms with van der Waals surface area (Å²) >= 11 is 0. The zero-order chi connectivity index (χ0) is 28.7. The van der Waals surface area contributed by atoms with Crippen molar-refractivity contribution < 1.29 is 21.6 Å². The lowest BCUT2D eigenvalue weighted by atomic mass is 9.78. The third-order valence-electron chi connectivity index (χ3n) is 7.96. The van der Waals surface area contributed by atoms with Gasteiger partial charge < -0.3 is 4.79 Å². The van der Waals surface area contributed by atoms with Crippen LogP contribution in [0, 0.1) is 5.92 Å². The molecular weight excluding hydrogens is 542 g/mol. The number of benzene rings is 3. The number of aldehydes is 1. The summed E-state index contributed by atoms with van der Waals surface area (Å²) in [7, 11) is -6.51. The lowest BCUT2D eigenvalue weighted by Gasteiger charge is -2.25. The Bertz CT molecular complexity index is 1780. The van der Waals surface area contributed by atoms with Crippen molar-refractivity contribution in [3.8, 4) is 11.1 Å². The lowest BCUT2D eigenvalue weighted by molar-refractivity contribution is -0.109. The number of fused-ring (bicyclic) bond motifs is 1. The minimum absolute atomic E-state index is 0.0470. The Morgan fingerprint density at radius 2 is 1.62 bits per heavy atom. The van der Waals surface area contributed by atoms with Crippen molar-refractivity contribution in [2.45, 2.75) is 48.2 Å². The van der Waals surface area contributed by atoms with E-state index in [1.165, 1.54) is 12.5 Å². The first-order valence-corrected chi connectivity index (χ1v) is 17.2. The maximum Gasteiger partial charge on any atom is 0.175 e. The van der Waals surface area contributed by atoms with E-state index in [-0.39, 0.29) is 10.8 Å². The zero-order valence-corrected chi connectivity index (χ0v) is 24.5. The predicted octanol–water partition coefficient (Wildman–Crippen LogP) is 5.76. The minimum Gasteiger partial charge on any atom is -0.303 e. The Balaban J connectivity index is 1.57. The van der Waals surface area contributed by atoms with Crippen LogP contribution >= 0.6 is 0 Å². The molecule has 0 bridgehead atoms. The molecule has 3 aromatic carbocycles. The molecule has 1 aliphatic carbocycles. The zero-order valence-electron chi connectivity index (χ0n) is 22.8. The van der Waals surface area contributed by atoms with Crippen molar-refractivity contribution in [2.75, 3.05) is 12.5 Å². The van der Waals surface area contributed by atoms with Crippen LogP contribution in [0.15, 0.2) is 83.9 Å². The molecule has 1 heterocycles. The molecule has 4 aromatic rings. The van der Waals surface area contributed by atoms with Crippen molar-refractivity contribution in [1.82, 2.24) is 4.98 Å². The molecule has 1 saturated carbocycles. The van der Waals surface area contributed by atoms with Crippen molar-refractivity contribution in [1.29, 1.82) is 0 Å². The van der Waals surface area contributed by atoms with Gasteiger partial charge in [-0.25, -0.2) is 16.8 Å². The van der Waals surface area contributed by atoms with E-state index in [0.29, 0.717) is 12.3 Å². The number of carbonyl (C=O) groups is 1. The molecule has 1 fully saturated rings. The van der Waals surface area contributed by atoms with E-state index in [4.69, 9.17) is 0 Å². The first kappa shape index (κ1) is 28.2. The molecule has 6 nitrogen and oxygen atoms in total. The summed E-state index contributed by atoms with van der Waals surface area (Å²) in [6.45, 7) is 1.73. The molecule has 8 heteroatoms. The molecule has 0 N–H and O–H groups in total. The molecule has 208 valence electrons. The minimum atomic E-state index is -3.33. The number of sulfone groups is 2. The molecule has 0 aliphatic heterocycles. The van der Waals surface area contributed by atoms with Crippen LogP contribution in [0.3, 0.4) is 0 Å². The Kier molecular flexibility index (Phi) is 7.68. The van der Waals surface area contributed by atoms with Gasteiger partial charge in [0.15, 0.2) is 9.84 Å². The number of carbonyl (C=O) groups excluding carboxylic acids is 1. The van der Waals surface area contributed by atoms with Crippen LogP contribution in [0.5, 0.6) is 0 Å². The molecule has 0 amide bonds. The van der Waals surface area contributed by atoms with Crippen LogP contribution in [-0.2, 0) is 30.9 Å². The van der Waals surface area contributed by atoms with Crippen LogP contribution in [-0.4, -0.2) is 45.9 Å². The second-order valence-electron chi connectivity index (χ2n) is 11.1. The van der Waals surface area contributed by atoms with Crippen LogP contribution in [0.4, 0.5) is 0 Å². The summed E-state index contributed by atoms with van der Waals surface area (Å²) < 4.78 is 48.2. The molecule has 1 aliphatic rings. The van der Waals surface area contributed by atoms with Crippen LogP contribution in [0.1, 0.15) is 48.3 Å². The van der Waals surface area contributed by atoms with Crippen LogP contribution < -0.4 is 0 Å². The fourth-order valence-corrected chi connectivity index (χ4v) is 6.65. The molecule has 0 saturated heterocycles. The third-order valence-corrected chi connectivity index (χ3v) is 10.7. The van der Waals surface area contributed by atoms with Crippen molar-refractivity contribution in [3.05, 3.63) is 95.7 Å². The van der Waals surface area contributed by atoms with Gasteiger partial charge in [0.25, 0.3) is 0 Å². The summed E-state index contributed by atoms with van der Waals surface area (Å²) in [5.41, 5.74) is 5.48. The van der Waals surface area contributed by atoms with Crippen molar-refractivity contribution >= 4 is 36.9 Å². The number of aromatic nitrogens is 1. The third kappa shape index (κ3) is 6.03. The van der Waals surface area contributed by atoms with Gasteiger partial charge >= 0.3 is 0 Å². The van der Waals surface area contributed by atoms with E-state index in [2.05, 4.69) is 17.1 Å². The summed E-state index contributed by atoms with van der Waals surface area (Å²) in [6.07, 6.45) is 7.64. The van der Waals surface area contributed by atoms with Crippen LogP contribution in [0.25, 0.3) is 22.0 Å². The highest BCUT2D eigenvalue weighted by Crippen LogP contribution is 2.50. The number of hydrogen-bond donors (Lipinski definition) is 0. The molecule has 3 atom stereocenters. The average Bonchev–Trinajstić information content (AvgIpc) is 3.75. The van der Waals surface area contributed by atoms with Gasteiger partial charge in [0.2, 0.25) is 0 Å². The van der Waals surface area contributed by atoms with Gasteiger partial charge in [0, 0.05) is 41.5 Å². The summed E-state index contributed by atoms with van der Waals surface area (Å²) in [6, 6.07) is 22.7. The fourth-order valence-electron chi connectivity index (χ4n) is 5.53. The first-order chi connectivity index (χ1) is 19.0. The Labute approximate surface area is 236 Å². The van der Waals surface area contributed by atoms with E-state index < -0.39 is 30.8 Å². The SMILES string of the molecule is CC(Cc1cc(-c2cccc(C(C3CC3)C(C=O)c3ccc(S(C)(=O)=O)cc3)c2)c2ncccc2c1)S(C)(=O)=O. The second-order valence-corrected chi connectivity index (χ2v) is 15.5. The Morgan fingerprint density at radius 1 is 0.900 bits per heavy atom. The molecule has 40 heavy (non-hydrogen) atoms. The summed E-state index contributed by atoms with van der Waals surface area (Å²) in [4.78, 5) is 17.4. The van der Waals surface area contributed by atoms with Gasteiger partial charge in [0.1, 0.15) is 16.1 Å². The highest BCUT2D eigenvalue weighted by Gasteiger charge is 2.38. The average molecular weight is 576 g/mol. The molecular formula is C32H33NO5S2. The number of pyridine rings is 1. The normalized spacial score (nSPS) is 16.4. The molecule has 5 rings (SSSR count). The lowest BCUT2D eigenvalue weighted by Crippen LogP contribution is -2.18. The van der Waals surface area contributed by atoms with Gasteiger partial charge in [-0.3, -0.25) is 4.98 Å². The van der Waals surface area contributed by atoms with E-state index in [0.717, 1.165) is 57.8 Å². The maximum atomic E-state index is 12.5. The van der Waals surface area contributed by atoms with Gasteiger partial charge in [-0.15, -0.1) is 0 Å². The van der Waals surface area contributed by atoms with E-state index in [9.17, 15) is 21.6 Å². The summed E-state index contributed by atoms with van der Waals surface area (Å²) in [5.74, 6) is -0.0979. The van der Waals surface area contributed by atoms with Gasteiger partial charge in [-0.05, 0) is 84.7 Å². The van der Waals surface area contributed by atoms with E-state index >= 15 is 0 Å². The highest BCUT2D eigenvalue weighted by molar-refractivity contribution is 7.91. The first-order valence-electron chi connectivity index (χ1n) is 13.4. The number of hydrogen-bond acceptors (Lipinski definition) is 6. The van der Waals surface area contributed by atoms with Crippen molar-refractivity contribution in [2.24, 2.45) is 5.92 Å². The predicted molar refractivity (Wildman–Crippen MR) is 159 cm³/mol. The topological polar surface area (TPSA) is 98.2 Å². The second kappa shape index (κ2) is 10.9. The van der Waals surface area contributed by atoms with Gasteiger partial charge in [-0.1, -0.05) is 42.5 Å². The number of rotatable bonds is 10. The maximum absolute atomic E-state index is 12.5. The molecule has 0 spiro atoms. The van der Waals surface area contributed by atoms with Crippen LogP contribution in [0.2, 0.25) is 0 Å². The highest BCUT2D eigenvalue weighted by atomic mass is 32.2. The monoisotopic (exact) mass is 575 g/mol. The smallest absolute Gasteiger partial charge is 0.175 e. The van der Waals surface area contributed by atoms with Crippen molar-refractivity contribution in [3.63, 3.8) is 0 Å². The van der Waals surface area contributed by atoms with Gasteiger partial charge in [0.05, 0.1) is 15.7 Å². The number of nitrogens with zero attached hydrogens (tertiary/aromatic N) is 1. The molecule has 0 radical (unpaired) electrons. The quantitative estimate of drug-likeness (QED) is 0.223. The van der Waals surface area contributed by atoms with Gasteiger partial charge in [-0.2, -0.15) is 0 Å². The summed E-state index contributed by atoms with van der Waals surface area (Å²) in [5, 5.41) is 0.430. The van der Waals surface area contributed by atoms with E-state index in [1.54, 1.807) is 37.4 Å². The standard InChI is InChI=1S/C32H33NO5S2/c1-21(39(2,35)36)16-22-17-27-8-5-15-33-32(27)29(18-22)25-6-4-7-26(19-25)31(24-9-10-24)30(20-34)23-11-13-28(14-12-23)40(3,37)38/h4-8,11-15,17-21,24,30-31H,9-10,16H2,1-3H3. The largest absolute Gasteiger partial charge is 0.303 e.